The minimum absolute atomic E-state index is 0.631. The molecule has 0 bridgehead atoms. The molecule has 272 valence electrons. The van der Waals surface area contributed by atoms with Gasteiger partial charge in [0.1, 0.15) is 0 Å². The van der Waals surface area contributed by atoms with Crippen molar-refractivity contribution in [3.63, 3.8) is 0 Å². The summed E-state index contributed by atoms with van der Waals surface area (Å²) in [6, 6.07) is 53.5. The second-order valence-electron chi connectivity index (χ2n) is 14.1. The monoisotopic (exact) mass is 723 g/mol. The highest BCUT2D eigenvalue weighted by atomic mass is 15.0. The molecule has 0 saturated carbocycles. The summed E-state index contributed by atoms with van der Waals surface area (Å²) in [7, 11) is 0. The number of nitrogens with zero attached hydrogens (tertiary/aromatic N) is 3. The lowest BCUT2D eigenvalue weighted by Gasteiger charge is -2.18. The zero-order valence-electron chi connectivity index (χ0n) is 32.5. The van der Waals surface area contributed by atoms with Crippen LogP contribution in [0.15, 0.2) is 164 Å². The summed E-state index contributed by atoms with van der Waals surface area (Å²) < 4.78 is 0. The lowest BCUT2D eigenvalue weighted by atomic mass is 9.86. The van der Waals surface area contributed by atoms with Crippen molar-refractivity contribution in [3.05, 3.63) is 186 Å². The van der Waals surface area contributed by atoms with E-state index in [0.29, 0.717) is 17.5 Å². The molecule has 0 radical (unpaired) electrons. The highest BCUT2D eigenvalue weighted by molar-refractivity contribution is 6.01. The van der Waals surface area contributed by atoms with Crippen LogP contribution in [-0.4, -0.2) is 15.0 Å². The van der Waals surface area contributed by atoms with Crippen LogP contribution in [0.2, 0.25) is 0 Å². The van der Waals surface area contributed by atoms with Crippen LogP contribution in [0.3, 0.4) is 0 Å². The predicted molar refractivity (Wildman–Crippen MR) is 238 cm³/mol. The smallest absolute Gasteiger partial charge is 0.164 e. The van der Waals surface area contributed by atoms with Crippen molar-refractivity contribution in [1.29, 1.82) is 0 Å². The van der Waals surface area contributed by atoms with Crippen LogP contribution in [0.25, 0.3) is 90.5 Å². The van der Waals surface area contributed by atoms with Crippen LogP contribution < -0.4 is 0 Å². The number of allylic oxidation sites excluding steroid dienone is 2. The maximum atomic E-state index is 5.16. The third-order valence-corrected chi connectivity index (χ3v) is 10.5. The third-order valence-electron chi connectivity index (χ3n) is 10.5. The summed E-state index contributed by atoms with van der Waals surface area (Å²) in [6.07, 6.45) is 11.0. The van der Waals surface area contributed by atoms with E-state index in [4.69, 9.17) is 15.0 Å². The summed E-state index contributed by atoms with van der Waals surface area (Å²) in [5, 5.41) is 2.53. The Morgan fingerprint density at radius 2 is 0.911 bits per heavy atom. The van der Waals surface area contributed by atoms with E-state index in [1.807, 2.05) is 36.4 Å². The lowest BCUT2D eigenvalue weighted by Crippen LogP contribution is -2.00. The van der Waals surface area contributed by atoms with Gasteiger partial charge in [0.2, 0.25) is 0 Å². The molecule has 56 heavy (non-hydrogen) atoms. The van der Waals surface area contributed by atoms with Gasteiger partial charge in [-0.25, -0.2) is 15.0 Å². The molecule has 0 aliphatic heterocycles. The van der Waals surface area contributed by atoms with Gasteiger partial charge in [-0.1, -0.05) is 159 Å². The topological polar surface area (TPSA) is 38.7 Å². The number of aromatic nitrogens is 3. The predicted octanol–water partition coefficient (Wildman–Crippen LogP) is 14.4. The van der Waals surface area contributed by atoms with E-state index in [2.05, 4.69) is 167 Å². The first-order valence-electron chi connectivity index (χ1n) is 19.6. The molecule has 0 amide bonds. The lowest BCUT2D eigenvalue weighted by molar-refractivity contribution is 1.07. The highest BCUT2D eigenvalue weighted by Crippen LogP contribution is 2.39. The quantitative estimate of drug-likeness (QED) is 0.141. The van der Waals surface area contributed by atoms with Gasteiger partial charge >= 0.3 is 0 Å². The minimum atomic E-state index is 0.631. The Morgan fingerprint density at radius 3 is 1.46 bits per heavy atom. The highest BCUT2D eigenvalue weighted by Gasteiger charge is 2.18. The van der Waals surface area contributed by atoms with E-state index in [1.165, 1.54) is 44.2 Å². The Morgan fingerprint density at radius 1 is 0.429 bits per heavy atom. The average molecular weight is 724 g/mol. The minimum Gasteiger partial charge on any atom is -0.208 e. The van der Waals surface area contributed by atoms with Gasteiger partial charge in [0.15, 0.2) is 17.5 Å². The summed E-state index contributed by atoms with van der Waals surface area (Å²) in [4.78, 5) is 15.3. The third kappa shape index (κ3) is 7.37. The van der Waals surface area contributed by atoms with Crippen molar-refractivity contribution < 1.29 is 0 Å². The maximum absolute atomic E-state index is 5.16. The van der Waals surface area contributed by atoms with Crippen LogP contribution in [0.1, 0.15) is 49.4 Å². The molecule has 7 aromatic carbocycles. The molecule has 0 fully saturated rings. The standard InChI is InChI=1S/C53H45N3/c1-5-8-28-47-36(4)46(7-3)48(19-6-2)50-35-42(29-30-49(47)50)44-32-43(41-27-18-26-40(31-41)37-20-12-9-13-21-37)33-45(34-44)53-55-51(38-22-14-10-15-23-38)54-52(56-53)39-24-16-11-17-25-39/h6,8-35H,5,7H2,1-4H3/b19-6-,28-8-. The average Bonchev–Trinajstić information content (AvgIpc) is 3.27. The summed E-state index contributed by atoms with van der Waals surface area (Å²) in [6.45, 7) is 8.84. The van der Waals surface area contributed by atoms with Crippen molar-refractivity contribution in [1.82, 2.24) is 15.0 Å². The van der Waals surface area contributed by atoms with Gasteiger partial charge in [0.05, 0.1) is 0 Å². The molecule has 1 aromatic heterocycles. The molecule has 0 saturated heterocycles. The largest absolute Gasteiger partial charge is 0.208 e. The van der Waals surface area contributed by atoms with Gasteiger partial charge in [-0.05, 0) is 123 Å². The number of benzene rings is 7. The number of fused-ring (bicyclic) bond motifs is 1. The van der Waals surface area contributed by atoms with Gasteiger partial charge in [-0.3, -0.25) is 0 Å². The molecule has 8 rings (SSSR count). The summed E-state index contributed by atoms with van der Waals surface area (Å²) in [5.74, 6) is 1.92. The van der Waals surface area contributed by atoms with Crippen molar-refractivity contribution in [2.75, 3.05) is 0 Å². The van der Waals surface area contributed by atoms with Gasteiger partial charge < -0.3 is 0 Å². The Balaban J connectivity index is 1.39. The van der Waals surface area contributed by atoms with E-state index in [9.17, 15) is 0 Å². The molecule has 0 unspecified atom stereocenters. The first kappa shape index (κ1) is 36.3. The van der Waals surface area contributed by atoms with Gasteiger partial charge in [-0.15, -0.1) is 0 Å². The van der Waals surface area contributed by atoms with E-state index in [1.54, 1.807) is 0 Å². The SMILES string of the molecule is C/C=C\c1c(CC)c(C)c(/C=C\CC)c2ccc(-c3cc(-c4cccc(-c5ccccc5)c4)cc(-c4nc(-c5ccccc5)nc(-c5ccccc5)n4)c3)cc12. The van der Waals surface area contributed by atoms with Crippen LogP contribution in [0.4, 0.5) is 0 Å². The molecular weight excluding hydrogens is 679 g/mol. The molecule has 0 aliphatic rings. The molecular formula is C53H45N3. The number of hydrogen-bond donors (Lipinski definition) is 0. The van der Waals surface area contributed by atoms with E-state index in [-0.39, 0.29) is 0 Å². The van der Waals surface area contributed by atoms with Gasteiger partial charge in [-0.2, -0.15) is 0 Å². The summed E-state index contributed by atoms with van der Waals surface area (Å²) >= 11 is 0. The zero-order valence-corrected chi connectivity index (χ0v) is 32.5. The fraction of sp³-hybridized carbons (Fsp3) is 0.113. The van der Waals surface area contributed by atoms with Crippen LogP contribution >= 0.6 is 0 Å². The Hall–Kier alpha value is -6.71. The molecule has 8 aromatic rings. The second kappa shape index (κ2) is 16.3. The molecule has 0 aliphatic carbocycles. The van der Waals surface area contributed by atoms with E-state index in [0.717, 1.165) is 51.8 Å². The fourth-order valence-corrected chi connectivity index (χ4v) is 7.71. The summed E-state index contributed by atoms with van der Waals surface area (Å²) in [5.41, 5.74) is 15.0. The van der Waals surface area contributed by atoms with Crippen molar-refractivity contribution in [3.8, 4) is 67.5 Å². The fourth-order valence-electron chi connectivity index (χ4n) is 7.71. The van der Waals surface area contributed by atoms with Crippen molar-refractivity contribution >= 4 is 22.9 Å². The van der Waals surface area contributed by atoms with Crippen LogP contribution in [0.5, 0.6) is 0 Å². The Kier molecular flexibility index (Phi) is 10.6. The normalized spacial score (nSPS) is 11.6. The van der Waals surface area contributed by atoms with E-state index >= 15 is 0 Å². The Bertz CT molecular complexity index is 2650. The molecule has 1 heterocycles. The molecule has 3 nitrogen and oxygen atoms in total. The Labute approximate surface area is 330 Å². The molecule has 0 N–H and O–H groups in total. The zero-order chi connectivity index (χ0) is 38.4. The van der Waals surface area contributed by atoms with Crippen molar-refractivity contribution in [2.45, 2.75) is 40.5 Å². The van der Waals surface area contributed by atoms with E-state index < -0.39 is 0 Å². The van der Waals surface area contributed by atoms with Crippen molar-refractivity contribution in [2.24, 2.45) is 0 Å². The first-order valence-corrected chi connectivity index (χ1v) is 19.6. The van der Waals surface area contributed by atoms with Crippen LogP contribution in [-0.2, 0) is 6.42 Å². The molecule has 3 heteroatoms. The van der Waals surface area contributed by atoms with Gasteiger partial charge in [0.25, 0.3) is 0 Å². The first-order chi connectivity index (χ1) is 27.5. The van der Waals surface area contributed by atoms with Gasteiger partial charge in [0, 0.05) is 16.7 Å². The number of hydrogen-bond acceptors (Lipinski definition) is 3. The van der Waals surface area contributed by atoms with Crippen LogP contribution in [0, 0.1) is 6.92 Å². The molecule has 0 spiro atoms. The number of rotatable bonds is 10. The molecule has 0 atom stereocenters. The second-order valence-corrected chi connectivity index (χ2v) is 14.1. The maximum Gasteiger partial charge on any atom is 0.164 e.